The van der Waals surface area contributed by atoms with Crippen LogP contribution in [0.2, 0.25) is 0 Å². The SMILES string of the molecule is c1cc2c(OCc3ccc(SC4CC4)cc3)ccnc2cn1. The van der Waals surface area contributed by atoms with Crippen LogP contribution in [0.5, 0.6) is 5.75 Å². The monoisotopic (exact) mass is 308 g/mol. The lowest BCUT2D eigenvalue weighted by molar-refractivity contribution is 0.310. The van der Waals surface area contributed by atoms with E-state index in [0.717, 1.165) is 21.9 Å². The molecular weight excluding hydrogens is 292 g/mol. The first-order valence-electron chi connectivity index (χ1n) is 7.45. The van der Waals surface area contributed by atoms with Crippen molar-refractivity contribution in [2.75, 3.05) is 0 Å². The minimum atomic E-state index is 0.565. The van der Waals surface area contributed by atoms with E-state index in [0.29, 0.717) is 6.61 Å². The van der Waals surface area contributed by atoms with Gasteiger partial charge in [-0.25, -0.2) is 0 Å². The first-order chi connectivity index (χ1) is 10.9. The minimum absolute atomic E-state index is 0.565. The van der Waals surface area contributed by atoms with Gasteiger partial charge in [0.2, 0.25) is 0 Å². The van der Waals surface area contributed by atoms with Crippen molar-refractivity contribution in [1.29, 1.82) is 0 Å². The van der Waals surface area contributed by atoms with Gasteiger partial charge in [0.1, 0.15) is 12.4 Å². The van der Waals surface area contributed by atoms with Gasteiger partial charge in [-0.05, 0) is 42.7 Å². The Hall–Kier alpha value is -2.07. The molecule has 2 heterocycles. The van der Waals surface area contributed by atoms with Crippen LogP contribution in [0.1, 0.15) is 18.4 Å². The fourth-order valence-electron chi connectivity index (χ4n) is 2.30. The van der Waals surface area contributed by atoms with Crippen LogP contribution in [0.25, 0.3) is 10.9 Å². The zero-order valence-electron chi connectivity index (χ0n) is 12.1. The Morgan fingerprint density at radius 3 is 2.73 bits per heavy atom. The Morgan fingerprint density at radius 1 is 1.05 bits per heavy atom. The molecule has 1 saturated carbocycles. The molecule has 0 amide bonds. The van der Waals surface area contributed by atoms with Crippen molar-refractivity contribution in [3.05, 3.63) is 60.6 Å². The minimum Gasteiger partial charge on any atom is -0.488 e. The highest BCUT2D eigenvalue weighted by Gasteiger charge is 2.22. The number of hydrogen-bond acceptors (Lipinski definition) is 4. The average Bonchev–Trinajstić information content (AvgIpc) is 3.38. The van der Waals surface area contributed by atoms with Crippen molar-refractivity contribution in [2.24, 2.45) is 0 Å². The van der Waals surface area contributed by atoms with Crippen LogP contribution in [0.15, 0.2) is 59.9 Å². The number of rotatable bonds is 5. The number of hydrogen-bond donors (Lipinski definition) is 0. The first kappa shape index (κ1) is 13.6. The van der Waals surface area contributed by atoms with Crippen LogP contribution in [0, 0.1) is 0 Å². The van der Waals surface area contributed by atoms with Gasteiger partial charge in [-0.2, -0.15) is 0 Å². The van der Waals surface area contributed by atoms with Crippen molar-refractivity contribution < 1.29 is 4.74 Å². The summed E-state index contributed by atoms with van der Waals surface area (Å²) in [5, 5.41) is 1.84. The second-order valence-corrected chi connectivity index (χ2v) is 6.83. The number of pyridine rings is 2. The second-order valence-electron chi connectivity index (χ2n) is 5.45. The zero-order chi connectivity index (χ0) is 14.8. The highest BCUT2D eigenvalue weighted by atomic mass is 32.2. The quantitative estimate of drug-likeness (QED) is 0.697. The Morgan fingerprint density at radius 2 is 1.91 bits per heavy atom. The van der Waals surface area contributed by atoms with E-state index in [1.807, 2.05) is 23.9 Å². The Bertz CT molecular complexity index is 779. The molecular formula is C18H16N2OS. The maximum Gasteiger partial charge on any atom is 0.130 e. The molecule has 1 aliphatic carbocycles. The molecule has 0 N–H and O–H groups in total. The van der Waals surface area contributed by atoms with Crippen LogP contribution >= 0.6 is 11.8 Å². The maximum atomic E-state index is 5.96. The molecule has 0 bridgehead atoms. The van der Waals surface area contributed by atoms with E-state index in [2.05, 4.69) is 34.2 Å². The third-order valence-corrected chi connectivity index (χ3v) is 5.00. The molecule has 22 heavy (non-hydrogen) atoms. The second kappa shape index (κ2) is 5.97. The van der Waals surface area contributed by atoms with E-state index in [9.17, 15) is 0 Å². The van der Waals surface area contributed by atoms with E-state index in [1.165, 1.54) is 23.3 Å². The molecule has 0 spiro atoms. The lowest BCUT2D eigenvalue weighted by Crippen LogP contribution is -1.96. The predicted octanol–water partition coefficient (Wildman–Crippen LogP) is 4.46. The number of thioether (sulfide) groups is 1. The van der Waals surface area contributed by atoms with Crippen LogP contribution in [-0.4, -0.2) is 15.2 Å². The number of nitrogens with zero attached hydrogens (tertiary/aromatic N) is 2. The van der Waals surface area contributed by atoms with Crippen molar-refractivity contribution in [1.82, 2.24) is 9.97 Å². The van der Waals surface area contributed by atoms with Gasteiger partial charge in [-0.15, -0.1) is 11.8 Å². The lowest BCUT2D eigenvalue weighted by atomic mass is 10.2. The summed E-state index contributed by atoms with van der Waals surface area (Å²) in [6.07, 6.45) is 8.00. The van der Waals surface area contributed by atoms with Crippen LogP contribution in [0.3, 0.4) is 0 Å². The summed E-state index contributed by atoms with van der Waals surface area (Å²) in [6.45, 7) is 0.565. The Labute approximate surface area is 133 Å². The molecule has 1 fully saturated rings. The molecule has 0 radical (unpaired) electrons. The molecule has 0 atom stereocenters. The molecule has 1 aromatic carbocycles. The van der Waals surface area contributed by atoms with Gasteiger partial charge in [0.25, 0.3) is 0 Å². The smallest absolute Gasteiger partial charge is 0.130 e. The molecule has 0 unspecified atom stereocenters. The largest absolute Gasteiger partial charge is 0.488 e. The number of fused-ring (bicyclic) bond motifs is 1. The summed E-state index contributed by atoms with van der Waals surface area (Å²) >= 11 is 1.98. The summed E-state index contributed by atoms with van der Waals surface area (Å²) in [5.41, 5.74) is 2.04. The average molecular weight is 308 g/mol. The molecule has 0 aliphatic heterocycles. The molecule has 3 nitrogen and oxygen atoms in total. The van der Waals surface area contributed by atoms with E-state index in [4.69, 9.17) is 4.74 Å². The fraction of sp³-hybridized carbons (Fsp3) is 0.222. The van der Waals surface area contributed by atoms with Crippen molar-refractivity contribution in [2.45, 2.75) is 29.6 Å². The zero-order valence-corrected chi connectivity index (χ0v) is 12.9. The Balaban J connectivity index is 1.46. The van der Waals surface area contributed by atoms with Gasteiger partial charge >= 0.3 is 0 Å². The number of benzene rings is 1. The van der Waals surface area contributed by atoms with E-state index >= 15 is 0 Å². The molecule has 2 aromatic heterocycles. The molecule has 4 rings (SSSR count). The molecule has 3 aromatic rings. The standard InChI is InChI=1S/C18H16N2OS/c1-3-14(22-15-5-6-15)4-2-13(1)12-21-18-8-10-20-17-11-19-9-7-16(17)18/h1-4,7-11,15H,5-6,12H2. The summed E-state index contributed by atoms with van der Waals surface area (Å²) in [7, 11) is 0. The maximum absolute atomic E-state index is 5.96. The third kappa shape index (κ3) is 3.07. The van der Waals surface area contributed by atoms with Gasteiger partial charge in [0, 0.05) is 27.9 Å². The highest BCUT2D eigenvalue weighted by Crippen LogP contribution is 2.39. The normalized spacial score (nSPS) is 14.2. The number of ether oxygens (including phenoxy) is 1. The van der Waals surface area contributed by atoms with Gasteiger partial charge in [0.05, 0.1) is 11.7 Å². The fourth-order valence-corrected chi connectivity index (χ4v) is 3.35. The Kier molecular flexibility index (Phi) is 3.69. The van der Waals surface area contributed by atoms with Crippen LogP contribution in [0.4, 0.5) is 0 Å². The van der Waals surface area contributed by atoms with Gasteiger partial charge in [-0.3, -0.25) is 9.97 Å². The van der Waals surface area contributed by atoms with E-state index in [1.54, 1.807) is 18.6 Å². The summed E-state index contributed by atoms with van der Waals surface area (Å²) in [4.78, 5) is 9.74. The molecule has 1 aliphatic rings. The predicted molar refractivity (Wildman–Crippen MR) is 89.2 cm³/mol. The molecule has 4 heteroatoms. The van der Waals surface area contributed by atoms with E-state index in [-0.39, 0.29) is 0 Å². The summed E-state index contributed by atoms with van der Waals surface area (Å²) in [5.74, 6) is 0.851. The van der Waals surface area contributed by atoms with E-state index < -0.39 is 0 Å². The lowest BCUT2D eigenvalue weighted by Gasteiger charge is -2.09. The van der Waals surface area contributed by atoms with Gasteiger partial charge in [0.15, 0.2) is 0 Å². The molecule has 0 saturated heterocycles. The number of aromatic nitrogens is 2. The van der Waals surface area contributed by atoms with Crippen molar-refractivity contribution in [3.8, 4) is 5.75 Å². The summed E-state index contributed by atoms with van der Waals surface area (Å²) < 4.78 is 5.96. The third-order valence-electron chi connectivity index (χ3n) is 3.65. The highest BCUT2D eigenvalue weighted by molar-refractivity contribution is 8.00. The van der Waals surface area contributed by atoms with Gasteiger partial charge in [-0.1, -0.05) is 12.1 Å². The first-order valence-corrected chi connectivity index (χ1v) is 8.33. The molecule has 110 valence electrons. The van der Waals surface area contributed by atoms with Crippen LogP contribution in [-0.2, 0) is 6.61 Å². The van der Waals surface area contributed by atoms with Crippen LogP contribution < -0.4 is 4.74 Å². The topological polar surface area (TPSA) is 35.0 Å². The van der Waals surface area contributed by atoms with Crippen molar-refractivity contribution in [3.63, 3.8) is 0 Å². The van der Waals surface area contributed by atoms with Gasteiger partial charge < -0.3 is 4.74 Å². The summed E-state index contributed by atoms with van der Waals surface area (Å²) in [6, 6.07) is 12.5. The van der Waals surface area contributed by atoms with Crippen molar-refractivity contribution >= 4 is 22.7 Å².